The molecule has 0 bridgehead atoms. The first-order valence-corrected chi connectivity index (χ1v) is 14.3. The molecule has 0 aliphatic heterocycles. The van der Waals surface area contributed by atoms with Crippen LogP contribution in [-0.4, -0.2) is 45.6 Å². The maximum absolute atomic E-state index is 13.9. The molecule has 1 aliphatic rings. The second-order valence-corrected chi connectivity index (χ2v) is 11.0. The molecule has 0 fully saturated rings. The zero-order valence-electron chi connectivity index (χ0n) is 22.4. The Morgan fingerprint density at radius 3 is 2.38 bits per heavy atom. The fourth-order valence-corrected chi connectivity index (χ4v) is 5.66. The van der Waals surface area contributed by atoms with Crippen LogP contribution in [-0.2, 0) is 16.1 Å². The molecule has 1 aliphatic carbocycles. The van der Waals surface area contributed by atoms with Gasteiger partial charge in [-0.15, -0.1) is 0 Å². The zero-order chi connectivity index (χ0) is 27.8. The third kappa shape index (κ3) is 8.07. The molecular weight excluding hydrogens is 532 g/mol. The van der Waals surface area contributed by atoms with Crippen LogP contribution in [0.3, 0.4) is 0 Å². The molecule has 7 nitrogen and oxygen atoms in total. The molecule has 2 unspecified atom stereocenters. The number of carbonyl (C=O) groups is 2. The van der Waals surface area contributed by atoms with Crippen molar-refractivity contribution in [3.63, 3.8) is 0 Å². The standard InChI is InChI=1S/C30H33ClN4O3S/c1-20-17-21(2)33-30(32-20)39-19-27(36)35(18-22-9-11-24(31)12-10-22)28(23-7-5-4-6-8-23)29(37)34-25-13-15-26(38-3)16-14-25/h4-5,9-17,23,28H,6-8,18-19H2,1-3H3,(H,34,37). The first kappa shape index (κ1) is 28.6. The minimum absolute atomic E-state index is 0.0213. The van der Waals surface area contributed by atoms with Gasteiger partial charge in [-0.1, -0.05) is 47.6 Å². The lowest BCUT2D eigenvalue weighted by atomic mass is 9.86. The number of nitrogens with zero attached hydrogens (tertiary/aromatic N) is 3. The summed E-state index contributed by atoms with van der Waals surface area (Å²) >= 11 is 7.41. The molecule has 3 aromatic rings. The van der Waals surface area contributed by atoms with E-state index < -0.39 is 6.04 Å². The predicted octanol–water partition coefficient (Wildman–Crippen LogP) is 6.24. The number of carbonyl (C=O) groups excluding carboxylic acids is 2. The average Bonchev–Trinajstić information content (AvgIpc) is 2.93. The van der Waals surface area contributed by atoms with Gasteiger partial charge in [0.15, 0.2) is 5.16 Å². The zero-order valence-corrected chi connectivity index (χ0v) is 24.0. The van der Waals surface area contributed by atoms with Gasteiger partial charge in [-0.3, -0.25) is 9.59 Å². The van der Waals surface area contributed by atoms with Gasteiger partial charge < -0.3 is 15.0 Å². The molecule has 2 aromatic carbocycles. The maximum Gasteiger partial charge on any atom is 0.247 e. The molecule has 0 radical (unpaired) electrons. The van der Waals surface area contributed by atoms with Gasteiger partial charge in [0.05, 0.1) is 12.9 Å². The SMILES string of the molecule is COc1ccc(NC(=O)C(C2CC=CCC2)N(Cc2ccc(Cl)cc2)C(=O)CSc2nc(C)cc(C)n2)cc1. The van der Waals surface area contributed by atoms with Crippen molar-refractivity contribution in [2.75, 3.05) is 18.2 Å². The highest BCUT2D eigenvalue weighted by Gasteiger charge is 2.36. The average molecular weight is 565 g/mol. The summed E-state index contributed by atoms with van der Waals surface area (Å²) in [5, 5.41) is 4.21. The predicted molar refractivity (Wildman–Crippen MR) is 156 cm³/mol. The minimum atomic E-state index is -0.666. The van der Waals surface area contributed by atoms with E-state index in [4.69, 9.17) is 16.3 Å². The maximum atomic E-state index is 13.9. The molecule has 4 rings (SSSR count). The number of rotatable bonds is 10. The number of amides is 2. The molecule has 2 atom stereocenters. The largest absolute Gasteiger partial charge is 0.497 e. The molecule has 0 saturated carbocycles. The second-order valence-electron chi connectivity index (χ2n) is 9.58. The Kier molecular flexibility index (Phi) is 10.0. The molecule has 1 heterocycles. The van der Waals surface area contributed by atoms with E-state index in [2.05, 4.69) is 27.4 Å². The number of nitrogens with one attached hydrogen (secondary N) is 1. The summed E-state index contributed by atoms with van der Waals surface area (Å²) in [6, 6.07) is 15.8. The van der Waals surface area contributed by atoms with Gasteiger partial charge in [-0.25, -0.2) is 9.97 Å². The van der Waals surface area contributed by atoms with Crippen LogP contribution in [0.2, 0.25) is 5.02 Å². The number of hydrogen-bond acceptors (Lipinski definition) is 6. The van der Waals surface area contributed by atoms with Crippen LogP contribution in [0.1, 0.15) is 36.2 Å². The molecule has 0 spiro atoms. The summed E-state index contributed by atoms with van der Waals surface area (Å²) in [5.74, 6) is 0.433. The van der Waals surface area contributed by atoms with E-state index in [0.29, 0.717) is 21.6 Å². The lowest BCUT2D eigenvalue weighted by Crippen LogP contribution is -2.51. The van der Waals surface area contributed by atoms with Crippen molar-refractivity contribution in [3.8, 4) is 5.75 Å². The monoisotopic (exact) mass is 564 g/mol. The highest BCUT2D eigenvalue weighted by molar-refractivity contribution is 7.99. The highest BCUT2D eigenvalue weighted by atomic mass is 35.5. The Balaban J connectivity index is 1.63. The number of ether oxygens (including phenoxy) is 1. The van der Waals surface area contributed by atoms with Crippen molar-refractivity contribution in [2.45, 2.75) is 50.9 Å². The molecule has 1 aromatic heterocycles. The molecular formula is C30H33ClN4O3S. The van der Waals surface area contributed by atoms with Crippen molar-refractivity contribution in [1.29, 1.82) is 0 Å². The van der Waals surface area contributed by atoms with Crippen molar-refractivity contribution in [1.82, 2.24) is 14.9 Å². The Morgan fingerprint density at radius 2 is 1.77 bits per heavy atom. The van der Waals surface area contributed by atoms with Crippen LogP contribution in [0, 0.1) is 19.8 Å². The van der Waals surface area contributed by atoms with E-state index in [1.807, 2.05) is 32.0 Å². The van der Waals surface area contributed by atoms with Crippen LogP contribution >= 0.6 is 23.4 Å². The molecule has 204 valence electrons. The fraction of sp³-hybridized carbons (Fsp3) is 0.333. The summed E-state index contributed by atoms with van der Waals surface area (Å²) < 4.78 is 5.24. The van der Waals surface area contributed by atoms with Gasteiger partial charge in [0.2, 0.25) is 11.8 Å². The Bertz CT molecular complexity index is 1290. The summed E-state index contributed by atoms with van der Waals surface area (Å²) in [4.78, 5) is 38.4. The first-order valence-electron chi connectivity index (χ1n) is 12.9. The van der Waals surface area contributed by atoms with Gasteiger partial charge >= 0.3 is 0 Å². The van der Waals surface area contributed by atoms with Crippen molar-refractivity contribution in [3.05, 3.63) is 88.7 Å². The van der Waals surface area contributed by atoms with E-state index >= 15 is 0 Å². The van der Waals surface area contributed by atoms with E-state index in [0.717, 1.165) is 36.2 Å². The summed E-state index contributed by atoms with van der Waals surface area (Å²) in [6.07, 6.45) is 6.64. The number of aryl methyl sites for hydroxylation is 2. The second kappa shape index (κ2) is 13.6. The molecule has 9 heteroatoms. The third-order valence-electron chi connectivity index (χ3n) is 6.59. The van der Waals surface area contributed by atoms with E-state index in [1.165, 1.54) is 11.8 Å². The molecule has 0 saturated heterocycles. The van der Waals surface area contributed by atoms with Gasteiger partial charge in [0.1, 0.15) is 11.8 Å². The van der Waals surface area contributed by atoms with Gasteiger partial charge in [0, 0.05) is 28.6 Å². The minimum Gasteiger partial charge on any atom is -0.497 e. The topological polar surface area (TPSA) is 84.4 Å². The van der Waals surface area contributed by atoms with Crippen molar-refractivity contribution in [2.24, 2.45) is 5.92 Å². The normalized spacial score (nSPS) is 15.4. The number of aromatic nitrogens is 2. The Labute approximate surface area is 239 Å². The smallest absolute Gasteiger partial charge is 0.247 e. The highest BCUT2D eigenvalue weighted by Crippen LogP contribution is 2.29. The molecule has 39 heavy (non-hydrogen) atoms. The first-order chi connectivity index (χ1) is 18.8. The third-order valence-corrected chi connectivity index (χ3v) is 7.68. The van der Waals surface area contributed by atoms with Crippen LogP contribution < -0.4 is 10.1 Å². The Morgan fingerprint density at radius 1 is 1.08 bits per heavy atom. The molecule has 2 amide bonds. The lowest BCUT2D eigenvalue weighted by molar-refractivity contribution is -0.139. The summed E-state index contributed by atoms with van der Waals surface area (Å²) in [7, 11) is 1.60. The number of allylic oxidation sites excluding steroid dienone is 2. The summed E-state index contributed by atoms with van der Waals surface area (Å²) in [6.45, 7) is 4.10. The fourth-order valence-electron chi connectivity index (χ4n) is 4.70. The van der Waals surface area contributed by atoms with Crippen molar-refractivity contribution < 1.29 is 14.3 Å². The number of anilines is 1. The number of halogens is 1. The number of methoxy groups -OCH3 is 1. The number of thioether (sulfide) groups is 1. The van der Waals surface area contributed by atoms with Crippen molar-refractivity contribution >= 4 is 40.9 Å². The van der Waals surface area contributed by atoms with E-state index in [1.54, 1.807) is 48.4 Å². The quantitative estimate of drug-likeness (QED) is 0.178. The van der Waals surface area contributed by atoms with E-state index in [-0.39, 0.29) is 30.0 Å². The lowest BCUT2D eigenvalue weighted by Gasteiger charge is -2.37. The van der Waals surface area contributed by atoms with Crippen LogP contribution in [0.25, 0.3) is 0 Å². The Hall–Kier alpha value is -3.36. The number of hydrogen-bond donors (Lipinski definition) is 1. The van der Waals surface area contributed by atoms with Gasteiger partial charge in [0.25, 0.3) is 0 Å². The summed E-state index contributed by atoms with van der Waals surface area (Å²) in [5.41, 5.74) is 3.24. The molecule has 1 N–H and O–H groups in total. The number of benzene rings is 2. The van der Waals surface area contributed by atoms with Gasteiger partial charge in [-0.2, -0.15) is 0 Å². The van der Waals surface area contributed by atoms with Crippen LogP contribution in [0.4, 0.5) is 5.69 Å². The van der Waals surface area contributed by atoms with E-state index in [9.17, 15) is 9.59 Å². The van der Waals surface area contributed by atoms with Crippen LogP contribution in [0.15, 0.2) is 71.9 Å². The van der Waals surface area contributed by atoms with Crippen LogP contribution in [0.5, 0.6) is 5.75 Å². The van der Waals surface area contributed by atoms with Gasteiger partial charge in [-0.05, 0) is 87.1 Å².